The van der Waals surface area contributed by atoms with Crippen molar-refractivity contribution in [2.45, 2.75) is 18.4 Å². The van der Waals surface area contributed by atoms with Gasteiger partial charge in [0.1, 0.15) is 6.54 Å². The third-order valence-corrected chi connectivity index (χ3v) is 5.00. The average Bonchev–Trinajstić information content (AvgIpc) is 2.48. The predicted octanol–water partition coefficient (Wildman–Crippen LogP) is 0.988. The van der Waals surface area contributed by atoms with Gasteiger partial charge in [-0.3, -0.25) is 0 Å². The molecule has 0 saturated heterocycles. The Bertz CT molecular complexity index is 682. The van der Waals surface area contributed by atoms with E-state index in [4.69, 9.17) is 0 Å². The highest BCUT2D eigenvalue weighted by Gasteiger charge is 2.14. The van der Waals surface area contributed by atoms with Gasteiger partial charge in [0.05, 0.1) is 25.0 Å². The van der Waals surface area contributed by atoms with Gasteiger partial charge in [-0.1, -0.05) is 48.0 Å². The average molecular weight is 319 g/mol. The maximum absolute atomic E-state index is 12.2. The van der Waals surface area contributed by atoms with Crippen LogP contribution in [0.25, 0.3) is 0 Å². The van der Waals surface area contributed by atoms with Crippen molar-refractivity contribution in [3.63, 3.8) is 0 Å². The van der Waals surface area contributed by atoms with Gasteiger partial charge in [-0.05, 0) is 19.1 Å². The number of quaternary nitrogens is 1. The van der Waals surface area contributed by atoms with E-state index in [1.54, 1.807) is 24.3 Å². The Labute approximate surface area is 132 Å². The van der Waals surface area contributed by atoms with E-state index in [1.807, 2.05) is 25.1 Å². The molecule has 0 aliphatic carbocycles. The normalized spacial score (nSPS) is 13.0. The molecule has 2 aromatic carbocycles. The number of aryl methyl sites for hydroxylation is 1. The monoisotopic (exact) mass is 319 g/mol. The topological polar surface area (TPSA) is 50.6 Å². The van der Waals surface area contributed by atoms with Gasteiger partial charge in [0.25, 0.3) is 0 Å². The summed E-state index contributed by atoms with van der Waals surface area (Å²) in [6.45, 7) is 3.98. The Morgan fingerprint density at radius 1 is 1.00 bits per heavy atom. The fourth-order valence-corrected chi connectivity index (χ4v) is 3.26. The van der Waals surface area contributed by atoms with Gasteiger partial charge in [0, 0.05) is 5.56 Å². The van der Waals surface area contributed by atoms with Crippen LogP contribution in [0, 0.1) is 6.92 Å². The van der Waals surface area contributed by atoms with Crippen LogP contribution in [0.15, 0.2) is 59.5 Å². The van der Waals surface area contributed by atoms with Crippen LogP contribution in [0.3, 0.4) is 0 Å². The third-order valence-electron chi connectivity index (χ3n) is 3.52. The van der Waals surface area contributed by atoms with Gasteiger partial charge in [-0.15, -0.1) is 0 Å². The van der Waals surface area contributed by atoms with E-state index in [1.165, 1.54) is 10.5 Å². The van der Waals surface area contributed by atoms with E-state index in [2.05, 4.69) is 23.9 Å². The molecule has 0 amide bonds. The van der Waals surface area contributed by atoms with Gasteiger partial charge in [-0.2, -0.15) is 0 Å². The molecule has 2 rings (SSSR count). The number of sulfonamides is 1. The largest absolute Gasteiger partial charge is 0.333 e. The number of nitrogens with one attached hydrogen (secondary N) is 2. The zero-order chi connectivity index (χ0) is 16.0. The minimum absolute atomic E-state index is 0.318. The highest BCUT2D eigenvalue weighted by molar-refractivity contribution is 7.89. The number of likely N-dealkylation sites (N-methyl/N-ethyl adjacent to an activating group) is 1. The molecule has 0 aromatic heterocycles. The fraction of sp³-hybridized carbons (Fsp3) is 0.294. The molecular weight excluding hydrogens is 296 g/mol. The van der Waals surface area contributed by atoms with Crippen molar-refractivity contribution in [2.24, 2.45) is 0 Å². The summed E-state index contributed by atoms with van der Waals surface area (Å²) in [6.07, 6.45) is 0. The molecule has 4 nitrogen and oxygen atoms in total. The number of benzene rings is 2. The Balaban J connectivity index is 1.83. The molecule has 2 aromatic rings. The molecule has 0 radical (unpaired) electrons. The van der Waals surface area contributed by atoms with Crippen LogP contribution in [-0.4, -0.2) is 28.6 Å². The van der Waals surface area contributed by atoms with Crippen LogP contribution >= 0.6 is 0 Å². The molecule has 0 fully saturated rings. The predicted molar refractivity (Wildman–Crippen MR) is 88.3 cm³/mol. The van der Waals surface area contributed by atoms with Gasteiger partial charge < -0.3 is 4.90 Å². The summed E-state index contributed by atoms with van der Waals surface area (Å²) in [6, 6.07) is 17.1. The highest BCUT2D eigenvalue weighted by Crippen LogP contribution is 2.09. The molecule has 1 unspecified atom stereocenters. The van der Waals surface area contributed by atoms with Crippen molar-refractivity contribution >= 4 is 10.0 Å². The van der Waals surface area contributed by atoms with E-state index in [9.17, 15) is 8.42 Å². The van der Waals surface area contributed by atoms with Gasteiger partial charge >= 0.3 is 0 Å². The molecule has 0 saturated carbocycles. The van der Waals surface area contributed by atoms with E-state index in [0.29, 0.717) is 11.4 Å². The lowest BCUT2D eigenvalue weighted by atomic mass is 10.2. The van der Waals surface area contributed by atoms with Crippen LogP contribution < -0.4 is 9.62 Å². The highest BCUT2D eigenvalue weighted by atomic mass is 32.2. The Morgan fingerprint density at radius 3 is 2.27 bits per heavy atom. The standard InChI is InChI=1S/C17H22N2O2S/c1-15-8-10-17(11-9-15)22(20,21)18-12-13-19(2)14-16-6-4-3-5-7-16/h3-11,18H,12-14H2,1-2H3/p+1. The van der Waals surface area contributed by atoms with Gasteiger partial charge in [-0.25, -0.2) is 13.1 Å². The molecular formula is C17H23N2O2S+. The first-order valence-corrected chi connectivity index (χ1v) is 8.87. The van der Waals surface area contributed by atoms with Crippen LogP contribution in [0.4, 0.5) is 0 Å². The molecule has 5 heteroatoms. The van der Waals surface area contributed by atoms with E-state index in [-0.39, 0.29) is 0 Å². The van der Waals surface area contributed by atoms with Crippen LogP contribution in [0.5, 0.6) is 0 Å². The first-order chi connectivity index (χ1) is 10.5. The number of hydrogen-bond acceptors (Lipinski definition) is 2. The SMILES string of the molecule is Cc1ccc(S(=O)(=O)NCC[NH+](C)Cc2ccccc2)cc1. The van der Waals surface area contributed by atoms with E-state index in [0.717, 1.165) is 18.7 Å². The summed E-state index contributed by atoms with van der Waals surface area (Å²) in [5.74, 6) is 0. The van der Waals surface area contributed by atoms with Crippen molar-refractivity contribution in [1.29, 1.82) is 0 Å². The Morgan fingerprint density at radius 2 is 1.64 bits per heavy atom. The number of hydrogen-bond donors (Lipinski definition) is 2. The molecule has 22 heavy (non-hydrogen) atoms. The first kappa shape index (κ1) is 16.7. The minimum atomic E-state index is -3.41. The van der Waals surface area contributed by atoms with Crippen molar-refractivity contribution in [2.75, 3.05) is 20.1 Å². The smallest absolute Gasteiger partial charge is 0.240 e. The molecule has 2 N–H and O–H groups in total. The second kappa shape index (κ2) is 7.54. The molecule has 118 valence electrons. The fourth-order valence-electron chi connectivity index (χ4n) is 2.23. The lowest BCUT2D eigenvalue weighted by molar-refractivity contribution is -0.892. The summed E-state index contributed by atoms with van der Waals surface area (Å²) in [7, 11) is -1.35. The summed E-state index contributed by atoms with van der Waals surface area (Å²) >= 11 is 0. The second-order valence-electron chi connectivity index (χ2n) is 5.58. The lowest BCUT2D eigenvalue weighted by Crippen LogP contribution is -3.08. The zero-order valence-corrected chi connectivity index (χ0v) is 13.9. The summed E-state index contributed by atoms with van der Waals surface area (Å²) in [5, 5.41) is 0. The van der Waals surface area contributed by atoms with Gasteiger partial charge in [0.2, 0.25) is 10.0 Å². The van der Waals surface area contributed by atoms with Crippen molar-refractivity contribution in [3.05, 3.63) is 65.7 Å². The molecule has 0 aliphatic rings. The van der Waals surface area contributed by atoms with E-state index < -0.39 is 10.0 Å². The molecule has 0 aliphatic heterocycles. The maximum Gasteiger partial charge on any atom is 0.240 e. The van der Waals surface area contributed by atoms with Crippen LogP contribution in [0.1, 0.15) is 11.1 Å². The van der Waals surface area contributed by atoms with Crippen LogP contribution in [0.2, 0.25) is 0 Å². The van der Waals surface area contributed by atoms with Crippen molar-refractivity contribution < 1.29 is 13.3 Å². The zero-order valence-electron chi connectivity index (χ0n) is 13.0. The second-order valence-corrected chi connectivity index (χ2v) is 7.35. The van der Waals surface area contributed by atoms with Crippen LogP contribution in [-0.2, 0) is 16.6 Å². The van der Waals surface area contributed by atoms with Gasteiger partial charge in [0.15, 0.2) is 0 Å². The van der Waals surface area contributed by atoms with Crippen molar-refractivity contribution in [3.8, 4) is 0 Å². The summed E-state index contributed by atoms with van der Waals surface area (Å²) in [4.78, 5) is 1.58. The van der Waals surface area contributed by atoms with Crippen molar-refractivity contribution in [1.82, 2.24) is 4.72 Å². The molecule has 0 spiro atoms. The Hall–Kier alpha value is -1.69. The molecule has 1 atom stereocenters. The van der Waals surface area contributed by atoms with E-state index >= 15 is 0 Å². The number of rotatable bonds is 7. The third kappa shape index (κ3) is 4.94. The minimum Gasteiger partial charge on any atom is -0.333 e. The summed E-state index contributed by atoms with van der Waals surface area (Å²) < 4.78 is 27.0. The lowest BCUT2D eigenvalue weighted by Gasteiger charge is -2.14. The Kier molecular flexibility index (Phi) is 5.71. The molecule has 0 heterocycles. The quantitative estimate of drug-likeness (QED) is 0.799. The molecule has 0 bridgehead atoms. The maximum atomic E-state index is 12.2. The summed E-state index contributed by atoms with van der Waals surface area (Å²) in [5.41, 5.74) is 2.30. The first-order valence-electron chi connectivity index (χ1n) is 7.39.